The van der Waals surface area contributed by atoms with Gasteiger partial charge in [0.2, 0.25) is 19.5 Å². The Morgan fingerprint density at radius 2 is 1.48 bits per heavy atom. The topological polar surface area (TPSA) is 416 Å². The molecule has 5 rings (SSSR count). The van der Waals surface area contributed by atoms with E-state index in [1.807, 2.05) is 0 Å². The van der Waals surface area contributed by atoms with Crippen LogP contribution in [0.15, 0.2) is 15.9 Å². The molecule has 0 aliphatic carbocycles. The van der Waals surface area contributed by atoms with Crippen molar-refractivity contribution in [1.82, 2.24) is 29.5 Å². The van der Waals surface area contributed by atoms with Gasteiger partial charge in [-0.25, -0.2) is 22.7 Å². The van der Waals surface area contributed by atoms with Crippen LogP contribution in [0.2, 0.25) is 0 Å². The Kier molecular flexibility index (Phi) is 11.3. The van der Waals surface area contributed by atoms with Gasteiger partial charge in [-0.3, -0.25) is 48.0 Å². The number of nitrogens with two attached hydrogens (primary N) is 2. The van der Waals surface area contributed by atoms with E-state index < -0.39 is 96.5 Å². The third-order valence-electron chi connectivity index (χ3n) is 7.44. The molecule has 0 saturated carbocycles. The van der Waals surface area contributed by atoms with Gasteiger partial charge < -0.3 is 51.2 Å². The van der Waals surface area contributed by atoms with Gasteiger partial charge in [-0.05, 0) is 6.92 Å². The first kappa shape index (κ1) is 39.8. The first-order valence-corrected chi connectivity index (χ1v) is 18.9. The Morgan fingerprint density at radius 1 is 0.942 bits per heavy atom. The molecule has 0 aromatic carbocycles. The molecule has 2 saturated heterocycles. The lowest BCUT2D eigenvalue weighted by Crippen LogP contribution is -2.45. The zero-order valence-electron chi connectivity index (χ0n) is 26.2. The molecular formula is C21H30BN10O17P3. The van der Waals surface area contributed by atoms with Crippen LogP contribution in [0.1, 0.15) is 11.8 Å². The number of nitrogens with zero attached hydrogens (tertiary/aromatic N) is 5. The quantitative estimate of drug-likeness (QED) is 0.0325. The number of fused-ring (bicyclic) bond motifs is 1. The van der Waals surface area contributed by atoms with Gasteiger partial charge in [0.1, 0.15) is 42.4 Å². The minimum Gasteiger partial charge on any atom is -0.387 e. The monoisotopic (exact) mass is 798 g/mol. The second-order valence-electron chi connectivity index (χ2n) is 11.0. The molecule has 11 atom stereocenters. The lowest BCUT2D eigenvalue weighted by atomic mass is 10.1. The summed E-state index contributed by atoms with van der Waals surface area (Å²) in [6.07, 6.45) is -12.0. The molecule has 5 heterocycles. The molecule has 3 aromatic heterocycles. The number of phosphoric acid groups is 2. The highest BCUT2D eigenvalue weighted by molar-refractivity contribution is 7.86. The lowest BCUT2D eigenvalue weighted by Gasteiger charge is -2.28. The molecule has 13 N–H and O–H groups in total. The first-order chi connectivity index (χ1) is 24.1. The summed E-state index contributed by atoms with van der Waals surface area (Å²) < 4.78 is 67.4. The number of ether oxygens (including phenoxy) is 2. The van der Waals surface area contributed by atoms with Crippen molar-refractivity contribution < 1.29 is 71.1 Å². The van der Waals surface area contributed by atoms with Crippen molar-refractivity contribution in [3.8, 4) is 0 Å². The molecule has 2 aliphatic rings. The number of rotatable bonds is 14. The van der Waals surface area contributed by atoms with Gasteiger partial charge in [-0.15, -0.1) is 0 Å². The average molecular weight is 798 g/mol. The maximum atomic E-state index is 12.6. The van der Waals surface area contributed by atoms with E-state index in [1.165, 1.54) is 6.92 Å². The van der Waals surface area contributed by atoms with Gasteiger partial charge in [0.05, 0.1) is 31.4 Å². The highest BCUT2D eigenvalue weighted by Gasteiger charge is 2.49. The van der Waals surface area contributed by atoms with Gasteiger partial charge in [0.25, 0.3) is 18.6 Å². The fourth-order valence-electron chi connectivity index (χ4n) is 5.05. The van der Waals surface area contributed by atoms with Crippen LogP contribution in [0.25, 0.3) is 11.2 Å². The Balaban J connectivity index is 1.17. The zero-order chi connectivity index (χ0) is 38.5. The molecule has 3 aromatic rings. The summed E-state index contributed by atoms with van der Waals surface area (Å²) in [6, 6.07) is 0. The summed E-state index contributed by atoms with van der Waals surface area (Å²) in [4.78, 5) is 61.2. The van der Waals surface area contributed by atoms with E-state index in [-0.39, 0.29) is 34.4 Å². The summed E-state index contributed by atoms with van der Waals surface area (Å²) in [5, 5.41) is 49.7. The van der Waals surface area contributed by atoms with Crippen molar-refractivity contribution in [2.24, 2.45) is 0 Å². The SMILES string of the molecule is [B]P(=O)(OP(=O)(O)OC[C@H]1O[C@@H](N(C=N)c2nc(N)[nH]c(=O)c2C)[C@H](O)[C@@H]1O)OP(=O)(O)OC[C@H]1O[C@@H](n2cnc3c(=O)[nH]c(N)nc32)[C@H](O)[C@@H]1O. The third kappa shape index (κ3) is 8.36. The largest absolute Gasteiger partial charge is 0.478 e. The Hall–Kier alpha value is -3.43. The number of aliphatic hydroxyl groups is 4. The number of nitrogens with one attached hydrogen (secondary N) is 3. The van der Waals surface area contributed by atoms with E-state index in [2.05, 4.69) is 42.6 Å². The van der Waals surface area contributed by atoms with E-state index in [9.17, 15) is 53.5 Å². The maximum absolute atomic E-state index is 12.6. The molecule has 284 valence electrons. The van der Waals surface area contributed by atoms with Crippen LogP contribution in [0, 0.1) is 12.3 Å². The number of phosphoric ester groups is 2. The Morgan fingerprint density at radius 3 is 2.08 bits per heavy atom. The van der Waals surface area contributed by atoms with Crippen LogP contribution in [-0.2, 0) is 40.8 Å². The van der Waals surface area contributed by atoms with E-state index in [0.717, 1.165) is 15.8 Å². The summed E-state index contributed by atoms with van der Waals surface area (Å²) in [5.41, 5.74) is 9.30. The number of aromatic amines is 2. The van der Waals surface area contributed by atoms with Crippen LogP contribution < -0.4 is 27.5 Å². The first-order valence-electron chi connectivity index (χ1n) is 14.3. The summed E-state index contributed by atoms with van der Waals surface area (Å²) in [6.45, 7) is -0.826. The number of aromatic nitrogens is 6. The minimum absolute atomic E-state index is 0.0564. The molecule has 0 amide bonds. The van der Waals surface area contributed by atoms with Crippen LogP contribution in [-0.4, -0.2) is 130 Å². The molecular weight excluding hydrogens is 768 g/mol. The second kappa shape index (κ2) is 14.8. The normalized spacial score (nSPS) is 29.8. The summed E-state index contributed by atoms with van der Waals surface area (Å²) in [7, 11) is -11.5. The van der Waals surface area contributed by atoms with E-state index in [1.54, 1.807) is 0 Å². The predicted octanol–water partition coefficient (Wildman–Crippen LogP) is -3.60. The van der Waals surface area contributed by atoms with Crippen molar-refractivity contribution in [3.63, 3.8) is 0 Å². The van der Waals surface area contributed by atoms with Crippen LogP contribution in [0.5, 0.6) is 0 Å². The maximum Gasteiger partial charge on any atom is 0.478 e. The molecule has 27 nitrogen and oxygen atoms in total. The smallest absolute Gasteiger partial charge is 0.387 e. The Labute approximate surface area is 290 Å². The molecule has 3 unspecified atom stereocenters. The second-order valence-corrected chi connectivity index (χ2v) is 15.8. The predicted molar refractivity (Wildman–Crippen MR) is 172 cm³/mol. The number of hydrogen-bond acceptors (Lipinski definition) is 21. The number of nitrogen functional groups attached to an aromatic ring is 2. The molecule has 2 radical (unpaired) electrons. The standard InChI is InChI=1S/C21H30BN10O17P3/c1-6-14(27-20(24)29-16(6)37)31(4-23)18-12(35)10(33)7(46-18)2-44-51(40,41)48-50(22,39)49-52(42,43)45-3-8-11(34)13(36)19(47-8)32-5-26-9-15(32)28-21(25)30-17(9)38/h4-5,7-8,10-13,18-19,23,33-36H,2-3H2,1H3,(H,40,41)(H,42,43)(H3,24,27,29,37)(H3,25,28,30,38)/t7-,8-,10-,11-,12-,13-,18-,19-,50?/m1/s1. The molecule has 52 heavy (non-hydrogen) atoms. The fraction of sp³-hybridized carbons (Fsp3) is 0.524. The van der Waals surface area contributed by atoms with Crippen molar-refractivity contribution in [3.05, 3.63) is 32.6 Å². The van der Waals surface area contributed by atoms with E-state index >= 15 is 0 Å². The van der Waals surface area contributed by atoms with Crippen LogP contribution in [0.3, 0.4) is 0 Å². The van der Waals surface area contributed by atoms with E-state index in [0.29, 0.717) is 6.34 Å². The molecule has 2 aliphatic heterocycles. The minimum atomic E-state index is -5.60. The highest BCUT2D eigenvalue weighted by atomic mass is 31.3. The number of hydrogen-bond donors (Lipinski definition) is 11. The summed E-state index contributed by atoms with van der Waals surface area (Å²) >= 11 is 0. The van der Waals surface area contributed by atoms with Crippen molar-refractivity contribution in [2.75, 3.05) is 29.6 Å². The third-order valence-corrected chi connectivity index (χ3v) is 11.9. The lowest BCUT2D eigenvalue weighted by molar-refractivity contribution is -0.0501. The highest BCUT2D eigenvalue weighted by Crippen LogP contribution is 2.67. The van der Waals surface area contributed by atoms with Crippen LogP contribution in [0.4, 0.5) is 17.7 Å². The van der Waals surface area contributed by atoms with E-state index in [4.69, 9.17) is 33.9 Å². The van der Waals surface area contributed by atoms with Crippen molar-refractivity contribution in [1.29, 1.82) is 5.41 Å². The number of imidazole rings is 1. The Bertz CT molecular complexity index is 2100. The molecule has 0 bridgehead atoms. The fourth-order valence-corrected chi connectivity index (χ4v) is 8.79. The zero-order valence-corrected chi connectivity index (χ0v) is 28.9. The number of H-pyrrole nitrogens is 2. The van der Waals surface area contributed by atoms with Gasteiger partial charge in [-0.2, -0.15) is 9.97 Å². The molecule has 31 heteroatoms. The molecule has 2 fully saturated rings. The van der Waals surface area contributed by atoms with Crippen LogP contribution >= 0.6 is 23.1 Å². The van der Waals surface area contributed by atoms with Crippen molar-refractivity contribution >= 4 is 65.9 Å². The number of anilines is 3. The molecule has 0 spiro atoms. The van der Waals surface area contributed by atoms with Gasteiger partial charge >= 0.3 is 15.6 Å². The average Bonchev–Trinajstić information content (AvgIpc) is 3.66. The van der Waals surface area contributed by atoms with Gasteiger partial charge in [0.15, 0.2) is 23.6 Å². The van der Waals surface area contributed by atoms with Gasteiger partial charge in [-0.1, -0.05) is 0 Å². The summed E-state index contributed by atoms with van der Waals surface area (Å²) in [5.74, 6) is -0.892. The van der Waals surface area contributed by atoms with Gasteiger partial charge in [0, 0.05) is 0 Å². The van der Waals surface area contributed by atoms with Crippen molar-refractivity contribution in [2.45, 2.75) is 56.0 Å². The number of aliphatic hydroxyl groups excluding tert-OH is 4.